The highest BCUT2D eigenvalue weighted by atomic mass is 79.9. The SMILES string of the molecule is Cn1c(C(F)(C(F)(F)F)C(F)(F)C(F)(F)F)cc(Br)c1-n1cc(-c2ccc(Cl)c(C(=O)NC3(C#N)CC3)c2)cn1. The normalized spacial score (nSPS) is 16.8. The topological polar surface area (TPSA) is 75.6 Å². The predicted molar refractivity (Wildman–Crippen MR) is 126 cm³/mol. The molecule has 214 valence electrons. The van der Waals surface area contributed by atoms with Crippen molar-refractivity contribution in [3.63, 3.8) is 0 Å². The predicted octanol–water partition coefficient (Wildman–Crippen LogP) is 7.00. The molecule has 0 saturated heterocycles. The number of alkyl halides is 9. The fraction of sp³-hybridized carbons (Fsp3) is 0.348. The number of aromatic nitrogens is 3. The Morgan fingerprint density at radius 2 is 1.70 bits per heavy atom. The molecule has 0 aliphatic heterocycles. The first kappa shape index (κ1) is 29.8. The van der Waals surface area contributed by atoms with Crippen LogP contribution >= 0.6 is 27.5 Å². The average molecular weight is 663 g/mol. The van der Waals surface area contributed by atoms with E-state index < -0.39 is 51.4 Å². The minimum atomic E-state index is -6.88. The minimum Gasteiger partial charge on any atom is -0.334 e. The summed E-state index contributed by atoms with van der Waals surface area (Å²) in [7, 11) is 0.664. The number of nitriles is 1. The number of nitrogens with zero attached hydrogens (tertiary/aromatic N) is 4. The summed E-state index contributed by atoms with van der Waals surface area (Å²) in [6, 6.07) is 6.28. The third kappa shape index (κ3) is 4.62. The number of rotatable bonds is 6. The standard InChI is InChI=1S/C23H14BrClF9N5O/c1-38-16(20(26,22(29,30)31)21(27,28)23(32,33)34)7-14(24)18(38)39-9-12(8-36-39)11-2-3-15(25)13(6-11)17(40)37-19(10-35)4-5-19/h2-3,6-9H,4-5H2,1H3,(H,37,40). The molecular weight excluding hydrogens is 649 g/mol. The molecule has 1 saturated carbocycles. The molecule has 0 bridgehead atoms. The van der Waals surface area contributed by atoms with Crippen molar-refractivity contribution in [3.05, 3.63) is 57.4 Å². The molecule has 1 N–H and O–H groups in total. The molecule has 1 atom stereocenters. The first-order valence-corrected chi connectivity index (χ1v) is 12.1. The highest BCUT2D eigenvalue weighted by molar-refractivity contribution is 9.10. The summed E-state index contributed by atoms with van der Waals surface area (Å²) < 4.78 is 123. The van der Waals surface area contributed by atoms with Gasteiger partial charge in [0.15, 0.2) is 0 Å². The molecule has 1 aliphatic rings. The Kier molecular flexibility index (Phi) is 7.03. The van der Waals surface area contributed by atoms with E-state index in [0.29, 0.717) is 25.5 Å². The van der Waals surface area contributed by atoms with Gasteiger partial charge in [-0.3, -0.25) is 4.79 Å². The average Bonchev–Trinajstić information content (AvgIpc) is 3.33. The summed E-state index contributed by atoms with van der Waals surface area (Å²) in [4.78, 5) is 12.7. The lowest BCUT2D eigenvalue weighted by molar-refractivity contribution is -0.390. The van der Waals surface area contributed by atoms with Crippen LogP contribution in [0.25, 0.3) is 16.9 Å². The molecule has 2 aromatic heterocycles. The van der Waals surface area contributed by atoms with Gasteiger partial charge in [0.25, 0.3) is 5.91 Å². The number of nitrogens with one attached hydrogen (secondary N) is 1. The van der Waals surface area contributed by atoms with Gasteiger partial charge < -0.3 is 9.88 Å². The van der Waals surface area contributed by atoms with Gasteiger partial charge in [-0.1, -0.05) is 17.7 Å². The van der Waals surface area contributed by atoms with Gasteiger partial charge in [-0.25, -0.2) is 9.07 Å². The fourth-order valence-electron chi connectivity index (χ4n) is 3.97. The van der Waals surface area contributed by atoms with Crippen molar-refractivity contribution in [2.75, 3.05) is 0 Å². The molecule has 1 unspecified atom stereocenters. The molecule has 2 heterocycles. The summed E-state index contributed by atoms with van der Waals surface area (Å²) in [6.07, 6.45) is -10.3. The van der Waals surface area contributed by atoms with Crippen molar-refractivity contribution >= 4 is 33.4 Å². The smallest absolute Gasteiger partial charge is 0.334 e. The quantitative estimate of drug-likeness (QED) is 0.289. The summed E-state index contributed by atoms with van der Waals surface area (Å²) in [5, 5.41) is 15.7. The zero-order chi connectivity index (χ0) is 30.1. The number of amides is 1. The van der Waals surface area contributed by atoms with Crippen molar-refractivity contribution < 1.29 is 44.3 Å². The van der Waals surface area contributed by atoms with Crippen LogP contribution in [-0.4, -0.2) is 44.1 Å². The maximum absolute atomic E-state index is 15.1. The number of carbonyl (C=O) groups excluding carboxylic acids is 1. The van der Waals surface area contributed by atoms with E-state index in [1.54, 1.807) is 0 Å². The van der Waals surface area contributed by atoms with E-state index >= 15 is 4.39 Å². The third-order valence-electron chi connectivity index (χ3n) is 6.35. The number of carbonyl (C=O) groups is 1. The van der Waals surface area contributed by atoms with Gasteiger partial charge in [0.05, 0.1) is 33.0 Å². The van der Waals surface area contributed by atoms with E-state index in [2.05, 4.69) is 26.3 Å². The van der Waals surface area contributed by atoms with E-state index in [9.17, 15) is 45.2 Å². The van der Waals surface area contributed by atoms with Crippen LogP contribution in [0.1, 0.15) is 28.9 Å². The Labute approximate surface area is 232 Å². The summed E-state index contributed by atoms with van der Waals surface area (Å²) >= 11 is 8.91. The van der Waals surface area contributed by atoms with Crippen LogP contribution in [0.15, 0.2) is 41.1 Å². The van der Waals surface area contributed by atoms with E-state index in [0.717, 1.165) is 17.1 Å². The van der Waals surface area contributed by atoms with Gasteiger partial charge in [0.1, 0.15) is 11.4 Å². The lowest BCUT2D eigenvalue weighted by Crippen LogP contribution is -2.60. The van der Waals surface area contributed by atoms with Crippen LogP contribution in [0.4, 0.5) is 39.5 Å². The molecule has 0 radical (unpaired) electrons. The zero-order valence-corrected chi connectivity index (χ0v) is 22.1. The second kappa shape index (κ2) is 9.44. The maximum atomic E-state index is 15.1. The Hall–Kier alpha value is -3.19. The van der Waals surface area contributed by atoms with Crippen LogP contribution in [-0.2, 0) is 12.7 Å². The monoisotopic (exact) mass is 661 g/mol. The molecule has 1 fully saturated rings. The van der Waals surface area contributed by atoms with E-state index in [4.69, 9.17) is 11.6 Å². The van der Waals surface area contributed by atoms with Crippen LogP contribution < -0.4 is 5.32 Å². The van der Waals surface area contributed by atoms with E-state index in [-0.39, 0.29) is 26.8 Å². The lowest BCUT2D eigenvalue weighted by Gasteiger charge is -2.36. The lowest BCUT2D eigenvalue weighted by atomic mass is 9.92. The van der Waals surface area contributed by atoms with Gasteiger partial charge in [-0.05, 0) is 52.5 Å². The Bertz CT molecular complexity index is 1530. The summed E-state index contributed by atoms with van der Waals surface area (Å²) in [5.41, 5.74) is -8.68. The van der Waals surface area contributed by atoms with Gasteiger partial charge in [-0.15, -0.1) is 0 Å². The van der Waals surface area contributed by atoms with Crippen LogP contribution in [0.2, 0.25) is 5.02 Å². The number of hydrogen-bond donors (Lipinski definition) is 1. The molecule has 40 heavy (non-hydrogen) atoms. The first-order valence-electron chi connectivity index (χ1n) is 10.9. The van der Waals surface area contributed by atoms with E-state index in [1.165, 1.54) is 18.2 Å². The Morgan fingerprint density at radius 1 is 1.07 bits per heavy atom. The molecule has 1 aliphatic carbocycles. The highest BCUT2D eigenvalue weighted by Gasteiger charge is 2.82. The Morgan fingerprint density at radius 3 is 2.23 bits per heavy atom. The Balaban J connectivity index is 1.76. The second-order valence-electron chi connectivity index (χ2n) is 9.00. The van der Waals surface area contributed by atoms with Crippen molar-refractivity contribution in [1.82, 2.24) is 19.7 Å². The van der Waals surface area contributed by atoms with Crippen LogP contribution in [0.3, 0.4) is 0 Å². The van der Waals surface area contributed by atoms with Gasteiger partial charge in [0, 0.05) is 18.8 Å². The first-order chi connectivity index (χ1) is 18.3. The molecule has 4 rings (SSSR count). The van der Waals surface area contributed by atoms with Crippen LogP contribution in [0, 0.1) is 11.3 Å². The number of hydrogen-bond acceptors (Lipinski definition) is 3. The molecule has 1 amide bonds. The van der Waals surface area contributed by atoms with Crippen molar-refractivity contribution in [2.24, 2.45) is 7.05 Å². The summed E-state index contributed by atoms with van der Waals surface area (Å²) in [5.74, 6) is -8.01. The molecule has 0 spiro atoms. The van der Waals surface area contributed by atoms with Crippen LogP contribution in [0.5, 0.6) is 0 Å². The largest absolute Gasteiger partial charge is 0.457 e. The second-order valence-corrected chi connectivity index (χ2v) is 10.3. The maximum Gasteiger partial charge on any atom is 0.457 e. The number of halogens is 11. The minimum absolute atomic E-state index is 0.0162. The zero-order valence-electron chi connectivity index (χ0n) is 19.7. The molecular formula is C23H14BrClF9N5O. The molecule has 17 heteroatoms. The summed E-state index contributed by atoms with van der Waals surface area (Å²) in [6.45, 7) is 0. The van der Waals surface area contributed by atoms with Crippen molar-refractivity contribution in [3.8, 4) is 23.0 Å². The van der Waals surface area contributed by atoms with Crippen molar-refractivity contribution in [2.45, 2.75) is 42.3 Å². The van der Waals surface area contributed by atoms with Crippen molar-refractivity contribution in [1.29, 1.82) is 5.26 Å². The highest BCUT2D eigenvalue weighted by Crippen LogP contribution is 2.58. The fourth-order valence-corrected chi connectivity index (χ4v) is 4.84. The number of benzene rings is 1. The van der Waals surface area contributed by atoms with Gasteiger partial charge >= 0.3 is 23.9 Å². The van der Waals surface area contributed by atoms with Gasteiger partial charge in [0.2, 0.25) is 0 Å². The third-order valence-corrected chi connectivity index (χ3v) is 7.26. The molecule has 6 nitrogen and oxygen atoms in total. The molecule has 3 aromatic rings. The van der Waals surface area contributed by atoms with Gasteiger partial charge in [-0.2, -0.15) is 45.5 Å². The van der Waals surface area contributed by atoms with E-state index in [1.807, 2.05) is 6.07 Å². The molecule has 1 aromatic carbocycles.